The van der Waals surface area contributed by atoms with Crippen LogP contribution in [0.1, 0.15) is 20.3 Å². The minimum absolute atomic E-state index is 0.423. The fraction of sp³-hybridized carbons (Fsp3) is 0.600. The zero-order chi connectivity index (χ0) is 13.2. The van der Waals surface area contributed by atoms with E-state index in [1.807, 2.05) is 37.4 Å². The van der Waals surface area contributed by atoms with Crippen molar-refractivity contribution in [2.24, 2.45) is 5.92 Å². The molecule has 0 saturated heterocycles. The average molecular weight is 251 g/mol. The molecule has 0 aliphatic heterocycles. The maximum Gasteiger partial charge on any atom is 0.119 e. The highest BCUT2D eigenvalue weighted by molar-refractivity contribution is 5.20. The average Bonchev–Trinajstić information content (AvgIpc) is 2.43. The van der Waals surface area contributed by atoms with Crippen molar-refractivity contribution >= 4 is 0 Å². The first-order valence-electron chi connectivity index (χ1n) is 6.70. The number of hydrogen-bond acceptors (Lipinski definition) is 3. The molecule has 0 aromatic heterocycles. The van der Waals surface area contributed by atoms with Crippen molar-refractivity contribution in [2.45, 2.75) is 26.3 Å². The van der Waals surface area contributed by atoms with E-state index < -0.39 is 0 Å². The normalized spacial score (nSPS) is 14.2. The molecule has 0 saturated carbocycles. The molecule has 0 amide bonds. The van der Waals surface area contributed by atoms with E-state index in [4.69, 9.17) is 9.47 Å². The van der Waals surface area contributed by atoms with E-state index in [-0.39, 0.29) is 0 Å². The molecule has 3 nitrogen and oxygen atoms in total. The number of para-hydroxylation sites is 1. The van der Waals surface area contributed by atoms with Gasteiger partial charge in [0.1, 0.15) is 12.4 Å². The maximum absolute atomic E-state index is 5.64. The van der Waals surface area contributed by atoms with Crippen LogP contribution in [0.15, 0.2) is 30.3 Å². The van der Waals surface area contributed by atoms with Crippen molar-refractivity contribution in [3.8, 4) is 5.75 Å². The zero-order valence-corrected chi connectivity index (χ0v) is 11.7. The summed E-state index contributed by atoms with van der Waals surface area (Å²) in [6.07, 6.45) is 1.16. The summed E-state index contributed by atoms with van der Waals surface area (Å²) in [5, 5.41) is 3.30. The molecule has 2 unspecified atom stereocenters. The third kappa shape index (κ3) is 5.52. The Morgan fingerprint density at radius 2 is 1.89 bits per heavy atom. The molecule has 18 heavy (non-hydrogen) atoms. The van der Waals surface area contributed by atoms with Crippen LogP contribution in [0.5, 0.6) is 5.75 Å². The molecule has 2 atom stereocenters. The lowest BCUT2D eigenvalue weighted by atomic mass is 10.0. The second-order valence-corrected chi connectivity index (χ2v) is 4.52. The Bertz CT molecular complexity index is 303. The Morgan fingerprint density at radius 3 is 2.50 bits per heavy atom. The summed E-state index contributed by atoms with van der Waals surface area (Å²) in [4.78, 5) is 0. The Balaban J connectivity index is 2.11. The van der Waals surface area contributed by atoms with E-state index in [0.29, 0.717) is 25.2 Å². The highest BCUT2D eigenvalue weighted by atomic mass is 16.5. The summed E-state index contributed by atoms with van der Waals surface area (Å²) >= 11 is 0. The van der Waals surface area contributed by atoms with Crippen LogP contribution in [0.2, 0.25) is 0 Å². The molecule has 0 fully saturated rings. The first kappa shape index (κ1) is 15.0. The monoisotopic (exact) mass is 251 g/mol. The van der Waals surface area contributed by atoms with Crippen molar-refractivity contribution in [1.82, 2.24) is 5.32 Å². The van der Waals surface area contributed by atoms with Gasteiger partial charge in [-0.15, -0.1) is 0 Å². The molecule has 3 heteroatoms. The van der Waals surface area contributed by atoms with Gasteiger partial charge in [-0.05, 0) is 25.1 Å². The molecular weight excluding hydrogens is 226 g/mol. The zero-order valence-electron chi connectivity index (χ0n) is 11.7. The fourth-order valence-corrected chi connectivity index (χ4v) is 1.76. The predicted octanol–water partition coefficient (Wildman–Crippen LogP) is 2.72. The number of benzene rings is 1. The van der Waals surface area contributed by atoms with Crippen LogP contribution < -0.4 is 10.1 Å². The highest BCUT2D eigenvalue weighted by Gasteiger charge is 2.13. The lowest BCUT2D eigenvalue weighted by Gasteiger charge is -2.22. The summed E-state index contributed by atoms with van der Waals surface area (Å²) in [6, 6.07) is 10.2. The van der Waals surface area contributed by atoms with Gasteiger partial charge in [0, 0.05) is 6.04 Å². The molecule has 0 aliphatic rings. The minimum atomic E-state index is 0.423. The van der Waals surface area contributed by atoms with Crippen LogP contribution in [0.4, 0.5) is 0 Å². The van der Waals surface area contributed by atoms with E-state index in [1.54, 1.807) is 0 Å². The van der Waals surface area contributed by atoms with Crippen LogP contribution in [-0.2, 0) is 4.74 Å². The second kappa shape index (κ2) is 8.95. The Kier molecular flexibility index (Phi) is 7.46. The van der Waals surface area contributed by atoms with Crippen molar-refractivity contribution in [2.75, 3.05) is 26.9 Å². The molecule has 0 heterocycles. The number of rotatable bonds is 9. The Hall–Kier alpha value is -1.06. The van der Waals surface area contributed by atoms with Crippen LogP contribution in [-0.4, -0.2) is 32.9 Å². The van der Waals surface area contributed by atoms with Crippen LogP contribution in [0.3, 0.4) is 0 Å². The second-order valence-electron chi connectivity index (χ2n) is 4.52. The molecule has 0 radical (unpaired) electrons. The van der Waals surface area contributed by atoms with Crippen molar-refractivity contribution in [1.29, 1.82) is 0 Å². The third-order valence-corrected chi connectivity index (χ3v) is 3.24. The lowest BCUT2D eigenvalue weighted by molar-refractivity contribution is 0.0733. The van der Waals surface area contributed by atoms with Crippen molar-refractivity contribution in [3.63, 3.8) is 0 Å². The number of hydrogen-bond donors (Lipinski definition) is 1. The molecule has 0 bridgehead atoms. The van der Waals surface area contributed by atoms with Gasteiger partial charge in [-0.1, -0.05) is 38.5 Å². The van der Waals surface area contributed by atoms with Gasteiger partial charge in [0.2, 0.25) is 0 Å². The largest absolute Gasteiger partial charge is 0.491 e. The van der Waals surface area contributed by atoms with Gasteiger partial charge in [-0.3, -0.25) is 0 Å². The summed E-state index contributed by atoms with van der Waals surface area (Å²) in [7, 11) is 1.99. The molecule has 1 aromatic rings. The van der Waals surface area contributed by atoms with Crippen molar-refractivity contribution in [3.05, 3.63) is 30.3 Å². The maximum atomic E-state index is 5.64. The molecule has 0 aliphatic carbocycles. The van der Waals surface area contributed by atoms with Crippen molar-refractivity contribution < 1.29 is 9.47 Å². The predicted molar refractivity (Wildman–Crippen MR) is 75.1 cm³/mol. The SMILES string of the molecule is CCC(C)C(COCCOc1ccccc1)NC. The van der Waals surface area contributed by atoms with Gasteiger partial charge >= 0.3 is 0 Å². The van der Waals surface area contributed by atoms with Gasteiger partial charge in [0.15, 0.2) is 0 Å². The smallest absolute Gasteiger partial charge is 0.119 e. The molecule has 1 N–H and O–H groups in total. The standard InChI is InChI=1S/C15H25NO2/c1-4-13(2)15(16-3)12-17-10-11-18-14-8-6-5-7-9-14/h5-9,13,15-16H,4,10-12H2,1-3H3. The fourth-order valence-electron chi connectivity index (χ4n) is 1.76. The summed E-state index contributed by atoms with van der Waals surface area (Å²) in [5.41, 5.74) is 0. The van der Waals surface area contributed by atoms with E-state index in [1.165, 1.54) is 0 Å². The van der Waals surface area contributed by atoms with E-state index in [2.05, 4.69) is 19.2 Å². The Morgan fingerprint density at radius 1 is 1.17 bits per heavy atom. The quantitative estimate of drug-likeness (QED) is 0.685. The first-order valence-corrected chi connectivity index (χ1v) is 6.70. The Labute approximate surface area is 110 Å². The van der Waals surface area contributed by atoms with Gasteiger partial charge in [-0.25, -0.2) is 0 Å². The molecule has 1 rings (SSSR count). The van der Waals surface area contributed by atoms with E-state index >= 15 is 0 Å². The summed E-state index contributed by atoms with van der Waals surface area (Å²) in [5.74, 6) is 1.53. The van der Waals surface area contributed by atoms with Gasteiger partial charge in [0.25, 0.3) is 0 Å². The highest BCUT2D eigenvalue weighted by Crippen LogP contribution is 2.09. The van der Waals surface area contributed by atoms with Crippen LogP contribution >= 0.6 is 0 Å². The molecule has 0 spiro atoms. The molecule has 1 aromatic carbocycles. The number of likely N-dealkylation sites (N-methyl/N-ethyl adjacent to an activating group) is 1. The number of ether oxygens (including phenoxy) is 2. The third-order valence-electron chi connectivity index (χ3n) is 3.24. The van der Waals surface area contributed by atoms with Gasteiger partial charge in [0.05, 0.1) is 13.2 Å². The van der Waals surface area contributed by atoms with Crippen LogP contribution in [0.25, 0.3) is 0 Å². The first-order chi connectivity index (χ1) is 8.77. The number of nitrogens with one attached hydrogen (secondary N) is 1. The summed E-state index contributed by atoms with van der Waals surface area (Å²) < 4.78 is 11.2. The lowest BCUT2D eigenvalue weighted by Crippen LogP contribution is -2.36. The topological polar surface area (TPSA) is 30.5 Å². The summed E-state index contributed by atoms with van der Waals surface area (Å²) in [6.45, 7) is 6.41. The van der Waals surface area contributed by atoms with E-state index in [9.17, 15) is 0 Å². The van der Waals surface area contributed by atoms with Gasteiger partial charge in [-0.2, -0.15) is 0 Å². The van der Waals surface area contributed by atoms with E-state index in [0.717, 1.165) is 18.8 Å². The van der Waals surface area contributed by atoms with Crippen LogP contribution in [0, 0.1) is 5.92 Å². The molecule has 102 valence electrons. The molecular formula is C15H25NO2. The van der Waals surface area contributed by atoms with Gasteiger partial charge < -0.3 is 14.8 Å². The minimum Gasteiger partial charge on any atom is -0.491 e.